The van der Waals surface area contributed by atoms with Crippen LogP contribution in [0.15, 0.2) is 0 Å². The fraction of sp³-hybridized carbons (Fsp3) is 1.00. The molecule has 9 heteroatoms. The normalized spacial score (nSPS) is 9.93. The van der Waals surface area contributed by atoms with Gasteiger partial charge in [-0.2, -0.15) is 3.84 Å². The summed E-state index contributed by atoms with van der Waals surface area (Å²) in [6, 6.07) is 0. The molecule has 0 aromatic rings. The maximum atomic E-state index is 11.3. The zero-order valence-electron chi connectivity index (χ0n) is 8.87. The van der Waals surface area contributed by atoms with Gasteiger partial charge in [0.25, 0.3) is 0 Å². The Morgan fingerprint density at radius 2 is 1.13 bits per heavy atom. The first-order valence-corrected chi connectivity index (χ1v) is 6.10. The average molecular weight is 350 g/mol. The molecule has 0 rings (SSSR count). The molecule has 5 nitrogen and oxygen atoms in total. The van der Waals surface area contributed by atoms with Gasteiger partial charge in [0.05, 0.1) is 43.6 Å². The van der Waals surface area contributed by atoms with Crippen LogP contribution < -0.4 is 0 Å². The summed E-state index contributed by atoms with van der Waals surface area (Å²) in [5.74, 6) is 0. The second-order valence-electron chi connectivity index (χ2n) is 1.76. The van der Waals surface area contributed by atoms with Crippen molar-refractivity contribution >= 4 is 48.6 Å². The quantitative estimate of drug-likeness (QED) is 0.545. The van der Waals surface area contributed by atoms with Crippen molar-refractivity contribution < 1.29 is 22.0 Å². The zero-order chi connectivity index (χ0) is 11.4. The molecule has 0 aliphatic carbocycles. The van der Waals surface area contributed by atoms with E-state index in [0.29, 0.717) is 19.8 Å². The van der Waals surface area contributed by atoms with Crippen LogP contribution in [0.5, 0.6) is 0 Å². The second-order valence-corrected chi connectivity index (χ2v) is 3.89. The minimum absolute atomic E-state index is 0. The number of phosphoric acid groups is 1. The van der Waals surface area contributed by atoms with Gasteiger partial charge in [0.15, 0.2) is 0 Å². The van der Waals surface area contributed by atoms with Crippen molar-refractivity contribution in [3.05, 3.63) is 0 Å². The van der Waals surface area contributed by atoms with Crippen LogP contribution in [-0.2, 0) is 22.0 Å². The van der Waals surface area contributed by atoms with E-state index in [9.17, 15) is 4.57 Å². The number of hydrogen-bond acceptors (Lipinski definition) is 5. The molecule has 0 amide bonds. The number of phosphoric ester groups is 1. The Bertz CT molecular complexity index is 139. The van der Waals surface area contributed by atoms with Crippen LogP contribution in [0.2, 0.25) is 0 Å². The molecule has 0 bridgehead atoms. The third kappa shape index (κ3) is 15.2. The molecule has 0 saturated heterocycles. The summed E-state index contributed by atoms with van der Waals surface area (Å²) < 4.78 is 29.0. The maximum absolute atomic E-state index is 11.3. The van der Waals surface area contributed by atoms with E-state index in [1.54, 1.807) is 20.8 Å². The van der Waals surface area contributed by atoms with Gasteiger partial charge >= 0.3 is 24.9 Å². The number of rotatable bonds is 6. The minimum atomic E-state index is -3.22. The Morgan fingerprint density at radius 1 is 0.933 bits per heavy atom. The molecule has 0 aliphatic rings. The third-order valence-electron chi connectivity index (χ3n) is 0.862. The first-order valence-electron chi connectivity index (χ1n) is 4.03. The van der Waals surface area contributed by atoms with Gasteiger partial charge in [0.1, 0.15) is 0 Å². The monoisotopic (exact) mass is 350 g/mol. The Balaban J connectivity index is -0.000000320. The summed E-state index contributed by atoms with van der Waals surface area (Å²) in [5.41, 5.74) is 0. The van der Waals surface area contributed by atoms with E-state index < -0.39 is 7.82 Å². The molecular formula is C6H17Cl2O5PSe. The van der Waals surface area contributed by atoms with Crippen molar-refractivity contribution in [1.82, 2.24) is 0 Å². The molecule has 0 saturated carbocycles. The summed E-state index contributed by atoms with van der Waals surface area (Å²) >= 11 is 8.53. The topological polar surface area (TPSA) is 54.0 Å². The Labute approximate surface area is 111 Å². The first-order chi connectivity index (χ1) is 6.60. The van der Waals surface area contributed by atoms with Crippen LogP contribution in [0.4, 0.5) is 0 Å². The Hall–Kier alpha value is 1.17. The van der Waals surface area contributed by atoms with Gasteiger partial charge in [-0.3, -0.25) is 13.6 Å². The molecule has 0 unspecified atom stereocenters. The van der Waals surface area contributed by atoms with Crippen molar-refractivity contribution in [2.45, 2.75) is 20.8 Å². The molecule has 0 aromatic heterocycles. The molecule has 0 radical (unpaired) electrons. The van der Waals surface area contributed by atoms with Gasteiger partial charge < -0.3 is 0 Å². The van der Waals surface area contributed by atoms with E-state index in [4.69, 9.17) is 13.6 Å². The molecule has 0 atom stereocenters. The van der Waals surface area contributed by atoms with Gasteiger partial charge in [-0.15, -0.1) is 0 Å². The summed E-state index contributed by atoms with van der Waals surface area (Å²) in [7, 11) is -3.22. The third-order valence-corrected chi connectivity index (χ3v) is 2.58. The van der Waals surface area contributed by atoms with Gasteiger partial charge in [0, 0.05) is 0 Å². The van der Waals surface area contributed by atoms with E-state index >= 15 is 0 Å². The molecule has 0 N–H and O–H groups in total. The van der Waals surface area contributed by atoms with E-state index in [-0.39, 0.29) is 17.1 Å². The Morgan fingerprint density at radius 3 is 1.27 bits per heavy atom. The van der Waals surface area contributed by atoms with Crippen molar-refractivity contribution in [2.24, 2.45) is 0 Å². The van der Waals surface area contributed by atoms with Gasteiger partial charge in [-0.05, 0) is 20.8 Å². The van der Waals surface area contributed by atoms with Crippen LogP contribution in [0.25, 0.3) is 0 Å². The van der Waals surface area contributed by atoms with Crippen LogP contribution in [0, 0.1) is 0 Å². The van der Waals surface area contributed by atoms with Crippen molar-refractivity contribution in [3.8, 4) is 0 Å². The zero-order valence-corrected chi connectivity index (χ0v) is 13.4. The molecule has 96 valence electrons. The first kappa shape index (κ1) is 21.5. The van der Waals surface area contributed by atoms with Crippen molar-refractivity contribution in [3.63, 3.8) is 0 Å². The standard InChI is InChI=1S/C6H15O4P.Cl2O.H2Se/c1-4-8-11(7,9-5-2)10-6-3;1-3-2;/h4-6H2,1-3H3;;1H2. The average Bonchev–Trinajstić information content (AvgIpc) is 2.06. The van der Waals surface area contributed by atoms with E-state index in [1.807, 2.05) is 0 Å². The molecule has 0 aliphatic heterocycles. The van der Waals surface area contributed by atoms with Crippen LogP contribution in [0.3, 0.4) is 0 Å². The second kappa shape index (κ2) is 15.2. The molecular weight excluding hydrogens is 333 g/mol. The van der Waals surface area contributed by atoms with Gasteiger partial charge in [-0.25, -0.2) is 4.57 Å². The predicted octanol–water partition coefficient (Wildman–Crippen LogP) is 2.60. The van der Waals surface area contributed by atoms with Gasteiger partial charge in [-0.1, -0.05) is 0 Å². The van der Waals surface area contributed by atoms with E-state index in [0.717, 1.165) is 0 Å². The van der Waals surface area contributed by atoms with Crippen LogP contribution >= 0.6 is 31.6 Å². The fourth-order valence-corrected chi connectivity index (χ4v) is 1.76. The molecule has 0 spiro atoms. The van der Waals surface area contributed by atoms with Crippen LogP contribution in [-0.4, -0.2) is 36.9 Å². The van der Waals surface area contributed by atoms with Crippen molar-refractivity contribution in [2.75, 3.05) is 19.8 Å². The molecule has 0 aromatic carbocycles. The molecule has 0 fully saturated rings. The van der Waals surface area contributed by atoms with E-state index in [2.05, 4.69) is 27.6 Å². The molecule has 15 heavy (non-hydrogen) atoms. The van der Waals surface area contributed by atoms with Gasteiger partial charge in [0.2, 0.25) is 0 Å². The summed E-state index contributed by atoms with van der Waals surface area (Å²) in [5, 5.41) is 0. The van der Waals surface area contributed by atoms with Crippen molar-refractivity contribution in [1.29, 1.82) is 0 Å². The number of halogens is 2. The summed E-state index contributed by atoms with van der Waals surface area (Å²) in [6.45, 7) is 6.21. The SMILES string of the molecule is CCOP(=O)(OCC)OCC.ClOCl.[SeH2]. The number of hydrogen-bond donors (Lipinski definition) is 0. The Kier molecular flexibility index (Phi) is 21.7. The predicted molar refractivity (Wildman–Crippen MR) is 63.8 cm³/mol. The van der Waals surface area contributed by atoms with E-state index in [1.165, 1.54) is 0 Å². The fourth-order valence-electron chi connectivity index (χ4n) is 0.586. The van der Waals surface area contributed by atoms with Crippen LogP contribution in [0.1, 0.15) is 20.8 Å². The molecule has 0 heterocycles. The summed E-state index contributed by atoms with van der Waals surface area (Å²) in [4.78, 5) is 0. The summed E-state index contributed by atoms with van der Waals surface area (Å²) in [6.07, 6.45) is 0.